The number of aromatic carboxylic acids is 1. The van der Waals surface area contributed by atoms with Gasteiger partial charge in [-0.05, 0) is 12.1 Å². The van der Waals surface area contributed by atoms with Crippen LogP contribution in [0.2, 0.25) is 0 Å². The second-order valence-electron chi connectivity index (χ2n) is 3.68. The van der Waals surface area contributed by atoms with Crippen molar-refractivity contribution in [3.05, 3.63) is 53.2 Å². The van der Waals surface area contributed by atoms with E-state index in [1.807, 2.05) is 5.32 Å². The molecule has 0 fully saturated rings. The van der Waals surface area contributed by atoms with Gasteiger partial charge in [0, 0.05) is 6.07 Å². The number of anilines is 2. The van der Waals surface area contributed by atoms with E-state index in [4.69, 9.17) is 5.11 Å². The number of aromatic nitrogens is 1. The average molecular weight is 286 g/mol. The molecule has 0 unspecified atom stereocenters. The molecule has 0 aliphatic heterocycles. The van der Waals surface area contributed by atoms with Crippen LogP contribution in [0.3, 0.4) is 0 Å². The number of hydrogen-bond donors (Lipinski definition) is 2. The normalized spacial score (nSPS) is 10.4. The molecule has 1 heterocycles. The van der Waals surface area contributed by atoms with E-state index >= 15 is 0 Å². The van der Waals surface area contributed by atoms with Crippen LogP contribution in [0.15, 0.2) is 24.3 Å². The maximum atomic E-state index is 13.4. The summed E-state index contributed by atoms with van der Waals surface area (Å²) in [5, 5.41) is 10.7. The predicted octanol–water partition coefficient (Wildman–Crippen LogP) is 3.08. The summed E-state index contributed by atoms with van der Waals surface area (Å²) < 4.78 is 52.8. The van der Waals surface area contributed by atoms with Crippen LogP contribution in [-0.2, 0) is 0 Å². The fraction of sp³-hybridized carbons (Fsp3) is 0. The number of rotatable bonds is 3. The molecule has 0 saturated heterocycles. The van der Waals surface area contributed by atoms with Crippen molar-refractivity contribution < 1.29 is 27.5 Å². The first-order valence-electron chi connectivity index (χ1n) is 5.20. The maximum Gasteiger partial charge on any atom is 0.354 e. The van der Waals surface area contributed by atoms with Gasteiger partial charge in [-0.3, -0.25) is 0 Å². The van der Waals surface area contributed by atoms with Crippen molar-refractivity contribution in [2.45, 2.75) is 0 Å². The van der Waals surface area contributed by atoms with Crippen LogP contribution >= 0.6 is 0 Å². The summed E-state index contributed by atoms with van der Waals surface area (Å²) in [7, 11) is 0. The molecule has 2 N–H and O–H groups in total. The SMILES string of the molecule is O=C(O)c1cccc(Nc2c(F)c(F)cc(F)c2F)n1. The summed E-state index contributed by atoms with van der Waals surface area (Å²) in [6.07, 6.45) is 0. The molecule has 0 saturated carbocycles. The van der Waals surface area contributed by atoms with E-state index in [-0.39, 0.29) is 11.9 Å². The highest BCUT2D eigenvalue weighted by atomic mass is 19.2. The van der Waals surface area contributed by atoms with Crippen LogP contribution in [0.5, 0.6) is 0 Å². The summed E-state index contributed by atoms with van der Waals surface area (Å²) in [4.78, 5) is 14.2. The smallest absolute Gasteiger partial charge is 0.354 e. The molecule has 0 atom stereocenters. The Hall–Kier alpha value is -2.64. The fourth-order valence-electron chi connectivity index (χ4n) is 1.43. The van der Waals surface area contributed by atoms with Crippen molar-refractivity contribution >= 4 is 17.5 Å². The van der Waals surface area contributed by atoms with Crippen molar-refractivity contribution in [1.82, 2.24) is 4.98 Å². The number of carboxylic acids is 1. The Morgan fingerprint density at radius 2 is 1.70 bits per heavy atom. The Balaban J connectivity index is 2.45. The second kappa shape index (κ2) is 5.16. The summed E-state index contributed by atoms with van der Waals surface area (Å²) in [5.74, 6) is -8.06. The highest BCUT2D eigenvalue weighted by molar-refractivity contribution is 5.85. The Labute approximate surface area is 109 Å². The number of nitrogens with zero attached hydrogens (tertiary/aromatic N) is 1. The molecule has 0 spiro atoms. The molecular formula is C12H6F4N2O2. The summed E-state index contributed by atoms with van der Waals surface area (Å²) in [6, 6.07) is 3.65. The van der Waals surface area contributed by atoms with Crippen LogP contribution in [0.4, 0.5) is 29.1 Å². The summed E-state index contributed by atoms with van der Waals surface area (Å²) in [6.45, 7) is 0. The third kappa shape index (κ3) is 2.53. The van der Waals surface area contributed by atoms with Crippen molar-refractivity contribution in [2.75, 3.05) is 5.32 Å². The van der Waals surface area contributed by atoms with Crippen LogP contribution < -0.4 is 5.32 Å². The molecule has 0 amide bonds. The van der Waals surface area contributed by atoms with Gasteiger partial charge < -0.3 is 10.4 Å². The third-order valence-electron chi connectivity index (χ3n) is 2.33. The zero-order valence-electron chi connectivity index (χ0n) is 9.62. The Morgan fingerprint density at radius 3 is 2.25 bits per heavy atom. The lowest BCUT2D eigenvalue weighted by Gasteiger charge is -2.09. The van der Waals surface area contributed by atoms with Gasteiger partial charge in [-0.2, -0.15) is 0 Å². The first-order valence-corrected chi connectivity index (χ1v) is 5.20. The van der Waals surface area contributed by atoms with E-state index in [0.29, 0.717) is 0 Å². The Morgan fingerprint density at radius 1 is 1.10 bits per heavy atom. The minimum Gasteiger partial charge on any atom is -0.477 e. The van der Waals surface area contributed by atoms with Crippen molar-refractivity contribution in [2.24, 2.45) is 0 Å². The van der Waals surface area contributed by atoms with E-state index < -0.39 is 40.6 Å². The Kier molecular flexibility index (Phi) is 3.55. The van der Waals surface area contributed by atoms with Gasteiger partial charge in [-0.1, -0.05) is 6.07 Å². The van der Waals surface area contributed by atoms with Crippen molar-refractivity contribution in [3.63, 3.8) is 0 Å². The topological polar surface area (TPSA) is 62.2 Å². The third-order valence-corrected chi connectivity index (χ3v) is 2.33. The number of benzene rings is 1. The molecule has 0 aliphatic rings. The van der Waals surface area contributed by atoms with Crippen LogP contribution in [0.1, 0.15) is 10.5 Å². The molecule has 104 valence electrons. The van der Waals surface area contributed by atoms with Gasteiger partial charge in [0.05, 0.1) is 0 Å². The zero-order valence-corrected chi connectivity index (χ0v) is 9.62. The predicted molar refractivity (Wildman–Crippen MR) is 60.8 cm³/mol. The lowest BCUT2D eigenvalue weighted by atomic mass is 10.2. The minimum absolute atomic E-state index is 0.0664. The number of pyridine rings is 1. The van der Waals surface area contributed by atoms with Gasteiger partial charge >= 0.3 is 5.97 Å². The molecule has 20 heavy (non-hydrogen) atoms. The van der Waals surface area contributed by atoms with Crippen molar-refractivity contribution in [1.29, 1.82) is 0 Å². The van der Waals surface area contributed by atoms with Crippen LogP contribution in [-0.4, -0.2) is 16.1 Å². The van der Waals surface area contributed by atoms with Crippen LogP contribution in [0, 0.1) is 23.3 Å². The van der Waals surface area contributed by atoms with Gasteiger partial charge in [0.25, 0.3) is 0 Å². The van der Waals surface area contributed by atoms with E-state index in [1.54, 1.807) is 0 Å². The van der Waals surface area contributed by atoms with Gasteiger partial charge in [0.2, 0.25) is 0 Å². The Bertz CT molecular complexity index is 665. The summed E-state index contributed by atoms with van der Waals surface area (Å²) >= 11 is 0. The standard InChI is InChI=1S/C12H6F4N2O2/c13-5-4-6(14)10(16)11(9(5)15)18-8-3-1-2-7(17-8)12(19)20/h1-4H,(H,17,18)(H,19,20). The molecule has 1 aromatic carbocycles. The van der Waals surface area contributed by atoms with Crippen LogP contribution in [0.25, 0.3) is 0 Å². The highest BCUT2D eigenvalue weighted by Crippen LogP contribution is 2.26. The molecule has 4 nitrogen and oxygen atoms in total. The molecule has 0 radical (unpaired) electrons. The molecule has 2 rings (SSSR count). The molecule has 0 aliphatic carbocycles. The van der Waals surface area contributed by atoms with E-state index in [9.17, 15) is 22.4 Å². The van der Waals surface area contributed by atoms with Gasteiger partial charge in [0.15, 0.2) is 29.0 Å². The number of carboxylic acid groups (broad SMARTS) is 1. The second-order valence-corrected chi connectivity index (χ2v) is 3.68. The maximum absolute atomic E-state index is 13.4. The number of carbonyl (C=O) groups is 1. The molecular weight excluding hydrogens is 280 g/mol. The zero-order chi connectivity index (χ0) is 14.9. The largest absolute Gasteiger partial charge is 0.477 e. The average Bonchev–Trinajstić information content (AvgIpc) is 2.42. The molecule has 0 bridgehead atoms. The van der Waals surface area contributed by atoms with Gasteiger partial charge in [-0.15, -0.1) is 0 Å². The first-order chi connectivity index (χ1) is 9.40. The fourth-order valence-corrected chi connectivity index (χ4v) is 1.43. The van der Waals surface area contributed by atoms with E-state index in [1.165, 1.54) is 12.1 Å². The molecule has 1 aromatic heterocycles. The highest BCUT2D eigenvalue weighted by Gasteiger charge is 2.19. The number of nitrogens with one attached hydrogen (secondary N) is 1. The quantitative estimate of drug-likeness (QED) is 0.672. The van der Waals surface area contributed by atoms with E-state index in [0.717, 1.165) is 6.07 Å². The monoisotopic (exact) mass is 286 g/mol. The van der Waals surface area contributed by atoms with Gasteiger partial charge in [-0.25, -0.2) is 27.3 Å². The number of halogens is 4. The van der Waals surface area contributed by atoms with Gasteiger partial charge in [0.1, 0.15) is 11.5 Å². The van der Waals surface area contributed by atoms with E-state index in [2.05, 4.69) is 4.98 Å². The van der Waals surface area contributed by atoms with Crippen molar-refractivity contribution in [3.8, 4) is 0 Å². The lowest BCUT2D eigenvalue weighted by Crippen LogP contribution is -2.06. The summed E-state index contributed by atoms with van der Waals surface area (Å²) in [5.41, 5.74) is -1.48. The molecule has 2 aromatic rings. The number of hydrogen-bond acceptors (Lipinski definition) is 3. The first kappa shape index (κ1) is 13.8. The molecule has 8 heteroatoms. The lowest BCUT2D eigenvalue weighted by molar-refractivity contribution is 0.0690. The minimum atomic E-state index is -1.63.